The highest BCUT2D eigenvalue weighted by atomic mass is 19.4. The first kappa shape index (κ1) is 16.2. The van der Waals surface area contributed by atoms with Crippen LogP contribution in [-0.4, -0.2) is 84.0 Å². The molecule has 2 heterocycles. The first-order valence-electron chi connectivity index (χ1n) is 6.76. The third-order valence-electron chi connectivity index (χ3n) is 3.60. The van der Waals surface area contributed by atoms with Gasteiger partial charge in [-0.3, -0.25) is 4.90 Å². The van der Waals surface area contributed by atoms with Crippen molar-refractivity contribution in [3.8, 4) is 0 Å². The van der Waals surface area contributed by atoms with Gasteiger partial charge in [0.15, 0.2) is 0 Å². The molecule has 2 rings (SSSR count). The van der Waals surface area contributed by atoms with E-state index < -0.39 is 12.8 Å². The Kier molecular flexibility index (Phi) is 5.17. The summed E-state index contributed by atoms with van der Waals surface area (Å²) in [5.74, 6) is 0. The predicted octanol–water partition coefficient (Wildman–Crippen LogP) is 0.644. The number of halogens is 3. The van der Waals surface area contributed by atoms with Crippen molar-refractivity contribution >= 4 is 0 Å². The van der Waals surface area contributed by atoms with E-state index in [1.807, 2.05) is 20.3 Å². The summed E-state index contributed by atoms with van der Waals surface area (Å²) in [6.07, 6.45) is -0.826. The van der Waals surface area contributed by atoms with Gasteiger partial charge in [0.05, 0.1) is 18.8 Å². The molecule has 0 aromatic carbocycles. The number of likely N-dealkylation sites (tertiary alicyclic amines) is 1. The van der Waals surface area contributed by atoms with Crippen molar-refractivity contribution in [3.63, 3.8) is 0 Å². The molecule has 0 radical (unpaired) electrons. The van der Waals surface area contributed by atoms with Crippen LogP contribution in [0.15, 0.2) is 12.4 Å². The van der Waals surface area contributed by atoms with Crippen LogP contribution in [0.1, 0.15) is 6.04 Å². The molecule has 21 heavy (non-hydrogen) atoms. The van der Waals surface area contributed by atoms with Crippen LogP contribution in [0.3, 0.4) is 0 Å². The Bertz CT molecular complexity index is 423. The molecule has 120 valence electrons. The number of nitrogens with zero attached hydrogens (tertiary/aromatic N) is 5. The smallest absolute Gasteiger partial charge is 0.371 e. The van der Waals surface area contributed by atoms with Gasteiger partial charge in [-0.15, -0.1) is 5.10 Å². The van der Waals surface area contributed by atoms with E-state index in [0.29, 0.717) is 6.54 Å². The summed E-state index contributed by atoms with van der Waals surface area (Å²) in [6, 6.07) is 0.388. The van der Waals surface area contributed by atoms with E-state index in [1.54, 1.807) is 10.9 Å². The molecular weight excluding hydrogens is 287 g/mol. The van der Waals surface area contributed by atoms with Crippen LogP contribution in [0.5, 0.6) is 0 Å². The first-order valence-corrected chi connectivity index (χ1v) is 6.76. The number of hydrogen-bond acceptors (Lipinski definition) is 5. The number of rotatable bonds is 6. The summed E-state index contributed by atoms with van der Waals surface area (Å²) >= 11 is 0. The fourth-order valence-electron chi connectivity index (χ4n) is 2.57. The Labute approximate surface area is 121 Å². The summed E-state index contributed by atoms with van der Waals surface area (Å²) in [4.78, 5) is 4.19. The molecule has 2 atom stereocenters. The summed E-state index contributed by atoms with van der Waals surface area (Å²) in [6.45, 7) is 0.855. The molecule has 1 aliphatic heterocycles. The maximum absolute atomic E-state index is 12.0. The van der Waals surface area contributed by atoms with E-state index in [9.17, 15) is 13.2 Å². The van der Waals surface area contributed by atoms with Crippen LogP contribution in [0, 0.1) is 0 Å². The van der Waals surface area contributed by atoms with Gasteiger partial charge in [-0.25, -0.2) is 4.68 Å². The van der Waals surface area contributed by atoms with Crippen molar-refractivity contribution < 1.29 is 17.9 Å². The lowest BCUT2D eigenvalue weighted by molar-refractivity contribution is -0.174. The van der Waals surface area contributed by atoms with Crippen molar-refractivity contribution in [2.24, 2.45) is 0 Å². The summed E-state index contributed by atoms with van der Waals surface area (Å²) < 4.78 is 42.5. The van der Waals surface area contributed by atoms with Gasteiger partial charge >= 0.3 is 6.18 Å². The molecule has 0 aliphatic carbocycles. The number of aromatic nitrogens is 3. The van der Waals surface area contributed by atoms with Gasteiger partial charge < -0.3 is 9.64 Å². The third kappa shape index (κ3) is 4.65. The lowest BCUT2D eigenvalue weighted by atomic mass is 10.1. The van der Waals surface area contributed by atoms with Gasteiger partial charge in [0.2, 0.25) is 0 Å². The van der Waals surface area contributed by atoms with Crippen LogP contribution in [0.25, 0.3) is 0 Å². The lowest BCUT2D eigenvalue weighted by Gasteiger charge is -2.24. The maximum atomic E-state index is 12.0. The van der Waals surface area contributed by atoms with Gasteiger partial charge in [0, 0.05) is 31.9 Å². The molecule has 0 unspecified atom stereocenters. The van der Waals surface area contributed by atoms with Crippen molar-refractivity contribution in [2.45, 2.75) is 18.3 Å². The SMILES string of the molecule is CN(C)[C@@H]1CN(CCOCC(F)(F)F)C[C@@H]1n1ccnn1. The molecule has 6 nitrogen and oxygen atoms in total. The van der Waals surface area contributed by atoms with Crippen LogP contribution in [0.4, 0.5) is 13.2 Å². The number of alkyl halides is 3. The lowest BCUT2D eigenvalue weighted by Crippen LogP contribution is -2.37. The van der Waals surface area contributed by atoms with E-state index in [4.69, 9.17) is 0 Å². The van der Waals surface area contributed by atoms with Gasteiger partial charge in [-0.2, -0.15) is 13.2 Å². The highest BCUT2D eigenvalue weighted by Crippen LogP contribution is 2.24. The average Bonchev–Trinajstić information content (AvgIpc) is 3.02. The zero-order valence-corrected chi connectivity index (χ0v) is 12.1. The maximum Gasteiger partial charge on any atom is 0.411 e. The monoisotopic (exact) mass is 307 g/mol. The minimum atomic E-state index is -4.26. The molecule has 1 aliphatic rings. The standard InChI is InChI=1S/C12H20F3N5O/c1-18(2)10-7-19(5-6-21-9-12(13,14)15)8-11(10)20-4-3-16-17-20/h3-4,10-11H,5-9H2,1-2H3/t10-,11+/m1/s1. The zero-order valence-electron chi connectivity index (χ0n) is 12.1. The molecule has 0 spiro atoms. The van der Waals surface area contributed by atoms with Gasteiger partial charge in [-0.05, 0) is 14.1 Å². The second kappa shape index (κ2) is 6.71. The van der Waals surface area contributed by atoms with E-state index in [1.165, 1.54) is 0 Å². The molecule has 1 fully saturated rings. The van der Waals surface area contributed by atoms with Crippen molar-refractivity contribution in [3.05, 3.63) is 12.4 Å². The number of likely N-dealkylation sites (N-methyl/N-ethyl adjacent to an activating group) is 1. The Morgan fingerprint density at radius 2 is 2.10 bits per heavy atom. The largest absolute Gasteiger partial charge is 0.411 e. The van der Waals surface area contributed by atoms with Gasteiger partial charge in [0.1, 0.15) is 6.61 Å². The highest BCUT2D eigenvalue weighted by molar-refractivity contribution is 4.93. The molecule has 9 heteroatoms. The quantitative estimate of drug-likeness (QED) is 0.722. The fourth-order valence-corrected chi connectivity index (χ4v) is 2.57. The Morgan fingerprint density at radius 3 is 2.67 bits per heavy atom. The molecule has 0 amide bonds. The van der Waals surface area contributed by atoms with E-state index in [-0.39, 0.29) is 18.7 Å². The van der Waals surface area contributed by atoms with Crippen molar-refractivity contribution in [1.29, 1.82) is 0 Å². The summed E-state index contributed by atoms with van der Waals surface area (Å²) in [5, 5.41) is 7.84. The summed E-state index contributed by atoms with van der Waals surface area (Å²) in [7, 11) is 3.97. The second-order valence-electron chi connectivity index (χ2n) is 5.41. The molecule has 1 aromatic heterocycles. The first-order chi connectivity index (χ1) is 9.87. The normalized spacial score (nSPS) is 24.1. The predicted molar refractivity (Wildman–Crippen MR) is 69.8 cm³/mol. The van der Waals surface area contributed by atoms with Gasteiger partial charge in [-0.1, -0.05) is 5.21 Å². The van der Waals surface area contributed by atoms with Crippen LogP contribution in [-0.2, 0) is 4.74 Å². The van der Waals surface area contributed by atoms with Gasteiger partial charge in [0.25, 0.3) is 0 Å². The topological polar surface area (TPSA) is 46.4 Å². The van der Waals surface area contributed by atoms with Crippen LogP contribution < -0.4 is 0 Å². The minimum absolute atomic E-state index is 0.0732. The molecule has 0 bridgehead atoms. The Hall–Kier alpha value is -1.19. The molecule has 1 aromatic rings. The average molecular weight is 307 g/mol. The molecular formula is C12H20F3N5O. The van der Waals surface area contributed by atoms with Crippen molar-refractivity contribution in [2.75, 3.05) is 46.9 Å². The van der Waals surface area contributed by atoms with E-state index in [0.717, 1.165) is 13.1 Å². The Balaban J connectivity index is 1.84. The Morgan fingerprint density at radius 1 is 1.33 bits per heavy atom. The minimum Gasteiger partial charge on any atom is -0.371 e. The zero-order chi connectivity index (χ0) is 15.5. The van der Waals surface area contributed by atoms with Crippen LogP contribution >= 0.6 is 0 Å². The third-order valence-corrected chi connectivity index (χ3v) is 3.60. The number of hydrogen-bond donors (Lipinski definition) is 0. The molecule has 1 saturated heterocycles. The number of ether oxygens (including phenoxy) is 1. The van der Waals surface area contributed by atoms with E-state index >= 15 is 0 Å². The summed E-state index contributed by atoms with van der Waals surface area (Å²) in [5.41, 5.74) is 0. The molecule has 0 saturated carbocycles. The highest BCUT2D eigenvalue weighted by Gasteiger charge is 2.35. The van der Waals surface area contributed by atoms with Crippen LogP contribution in [0.2, 0.25) is 0 Å². The fraction of sp³-hybridized carbons (Fsp3) is 0.833. The second-order valence-corrected chi connectivity index (χ2v) is 5.41. The molecule has 0 N–H and O–H groups in total. The van der Waals surface area contributed by atoms with Crippen molar-refractivity contribution in [1.82, 2.24) is 24.8 Å². The van der Waals surface area contributed by atoms with E-state index in [2.05, 4.69) is 24.8 Å².